The summed E-state index contributed by atoms with van der Waals surface area (Å²) in [6.07, 6.45) is -9.30. The molecule has 9 nitrogen and oxygen atoms in total. The van der Waals surface area contributed by atoms with Crippen molar-refractivity contribution in [2.75, 3.05) is 6.61 Å². The average Bonchev–Trinajstić information content (AvgIpc) is 2.87. The lowest BCUT2D eigenvalue weighted by molar-refractivity contribution is -0.308. The fourth-order valence-electron chi connectivity index (χ4n) is 2.60. The van der Waals surface area contributed by atoms with Crippen LogP contribution in [0, 0.1) is 5.82 Å². The van der Waals surface area contributed by atoms with Crippen molar-refractivity contribution in [3.05, 3.63) is 32.9 Å². The number of rotatable bonds is 4. The third kappa shape index (κ3) is 4.02. The number of hydrogen-bond donors (Lipinski definition) is 1. The van der Waals surface area contributed by atoms with E-state index < -0.39 is 66.1 Å². The lowest BCUT2D eigenvalue weighted by Crippen LogP contribution is -2.57. The lowest BCUT2D eigenvalue weighted by atomic mass is 9.96. The van der Waals surface area contributed by atoms with E-state index >= 15 is 0 Å². The van der Waals surface area contributed by atoms with Gasteiger partial charge < -0.3 is 14.2 Å². The van der Waals surface area contributed by atoms with Crippen LogP contribution in [0.5, 0.6) is 0 Å². The molecule has 0 bridgehead atoms. The van der Waals surface area contributed by atoms with Crippen LogP contribution in [-0.2, 0) is 23.8 Å². The first-order valence-electron chi connectivity index (χ1n) is 7.43. The van der Waals surface area contributed by atoms with Gasteiger partial charge in [-0.1, -0.05) is 0 Å². The summed E-state index contributed by atoms with van der Waals surface area (Å²) in [6.45, 7) is 0.353. The van der Waals surface area contributed by atoms with Crippen LogP contribution in [0.3, 0.4) is 0 Å². The smallest absolute Gasteiger partial charge is 0.424 e. The highest BCUT2D eigenvalue weighted by atomic mass is 19.4. The number of aromatic nitrogens is 2. The molecule has 1 aromatic rings. The van der Waals surface area contributed by atoms with E-state index in [9.17, 15) is 36.7 Å². The molecule has 0 saturated carbocycles. The SMILES string of the molecule is CC(=O)OC[C@@]1(C(F)(F)F)O[C@@H](n2cc(F)c(=O)[nH]c2=O)C[C@@H]1OC(C)=O. The van der Waals surface area contributed by atoms with E-state index in [1.807, 2.05) is 0 Å². The van der Waals surface area contributed by atoms with Gasteiger partial charge in [0.25, 0.3) is 5.56 Å². The summed E-state index contributed by atoms with van der Waals surface area (Å²) in [6, 6.07) is 0. The summed E-state index contributed by atoms with van der Waals surface area (Å²) in [7, 11) is 0. The molecule has 0 aromatic carbocycles. The number of ether oxygens (including phenoxy) is 3. The molecule has 1 fully saturated rings. The Morgan fingerprint density at radius 1 is 1.33 bits per heavy atom. The van der Waals surface area contributed by atoms with Gasteiger partial charge in [-0.15, -0.1) is 0 Å². The summed E-state index contributed by atoms with van der Waals surface area (Å²) >= 11 is 0. The Morgan fingerprint density at radius 3 is 2.48 bits per heavy atom. The third-order valence-corrected chi connectivity index (χ3v) is 3.79. The largest absolute Gasteiger partial charge is 0.462 e. The Balaban J connectivity index is 2.52. The number of aromatic amines is 1. The van der Waals surface area contributed by atoms with E-state index in [-0.39, 0.29) is 0 Å². The molecule has 2 heterocycles. The van der Waals surface area contributed by atoms with Crippen molar-refractivity contribution < 1.29 is 41.4 Å². The highest BCUT2D eigenvalue weighted by molar-refractivity contribution is 5.67. The quantitative estimate of drug-likeness (QED) is 0.576. The van der Waals surface area contributed by atoms with E-state index in [1.165, 1.54) is 0 Å². The van der Waals surface area contributed by atoms with Crippen LogP contribution in [0.15, 0.2) is 15.8 Å². The normalized spacial score (nSPS) is 25.3. The maximum atomic E-state index is 13.8. The minimum atomic E-state index is -5.19. The molecule has 27 heavy (non-hydrogen) atoms. The van der Waals surface area contributed by atoms with Crippen molar-refractivity contribution in [3.8, 4) is 0 Å². The van der Waals surface area contributed by atoms with E-state index in [4.69, 9.17) is 4.74 Å². The zero-order valence-corrected chi connectivity index (χ0v) is 14.0. The molecule has 150 valence electrons. The third-order valence-electron chi connectivity index (χ3n) is 3.79. The summed E-state index contributed by atoms with van der Waals surface area (Å²) in [5.74, 6) is -3.58. The van der Waals surface area contributed by atoms with Gasteiger partial charge in [0.2, 0.25) is 11.4 Å². The topological polar surface area (TPSA) is 117 Å². The first-order chi connectivity index (χ1) is 12.4. The van der Waals surface area contributed by atoms with Crippen LogP contribution in [0.4, 0.5) is 17.6 Å². The van der Waals surface area contributed by atoms with Gasteiger partial charge >= 0.3 is 23.8 Å². The van der Waals surface area contributed by atoms with Crippen molar-refractivity contribution in [3.63, 3.8) is 0 Å². The predicted molar refractivity (Wildman–Crippen MR) is 77.0 cm³/mol. The summed E-state index contributed by atoms with van der Waals surface area (Å²) < 4.78 is 69.2. The molecule has 1 aliphatic heterocycles. The van der Waals surface area contributed by atoms with E-state index in [1.54, 1.807) is 4.98 Å². The molecule has 1 N–H and O–H groups in total. The summed E-state index contributed by atoms with van der Waals surface area (Å²) in [4.78, 5) is 46.7. The van der Waals surface area contributed by atoms with Gasteiger partial charge in [-0.05, 0) is 0 Å². The highest BCUT2D eigenvalue weighted by Crippen LogP contribution is 2.48. The standard InChI is InChI=1S/C14H14F4N2O7/c1-6(21)25-5-13(14(16,17)18)9(26-7(2)22)3-10(27-13)20-4-8(15)11(23)19-12(20)24/h4,9-10H,3,5H2,1-2H3,(H,19,23,24)/t9-,10+,13+/m0/s1. The number of alkyl halides is 3. The molecular weight excluding hydrogens is 384 g/mol. The number of esters is 2. The van der Waals surface area contributed by atoms with Crippen LogP contribution < -0.4 is 11.2 Å². The fourth-order valence-corrected chi connectivity index (χ4v) is 2.60. The zero-order chi connectivity index (χ0) is 20.6. The van der Waals surface area contributed by atoms with Gasteiger partial charge in [0.15, 0.2) is 0 Å². The monoisotopic (exact) mass is 398 g/mol. The fraction of sp³-hybridized carbons (Fsp3) is 0.571. The molecule has 0 radical (unpaired) electrons. The Bertz CT molecular complexity index is 862. The Labute approximate surface area is 147 Å². The van der Waals surface area contributed by atoms with Crippen LogP contribution >= 0.6 is 0 Å². The maximum absolute atomic E-state index is 13.8. The molecule has 13 heteroatoms. The van der Waals surface area contributed by atoms with Gasteiger partial charge in [-0.2, -0.15) is 17.6 Å². The van der Waals surface area contributed by atoms with Crippen molar-refractivity contribution in [2.24, 2.45) is 0 Å². The molecule has 3 atom stereocenters. The summed E-state index contributed by atoms with van der Waals surface area (Å²) in [5, 5.41) is 0. The average molecular weight is 398 g/mol. The Hall–Kier alpha value is -2.70. The molecule has 0 unspecified atom stereocenters. The van der Waals surface area contributed by atoms with Gasteiger partial charge in [-0.25, -0.2) is 4.79 Å². The van der Waals surface area contributed by atoms with Crippen molar-refractivity contribution in [2.45, 2.75) is 44.4 Å². The van der Waals surface area contributed by atoms with Crippen LogP contribution in [0.1, 0.15) is 26.5 Å². The highest BCUT2D eigenvalue weighted by Gasteiger charge is 2.68. The van der Waals surface area contributed by atoms with Crippen LogP contribution in [0.25, 0.3) is 0 Å². The van der Waals surface area contributed by atoms with E-state index in [2.05, 4.69) is 9.47 Å². The van der Waals surface area contributed by atoms with E-state index in [0.717, 1.165) is 13.8 Å². The van der Waals surface area contributed by atoms with Gasteiger partial charge in [-0.3, -0.25) is 23.9 Å². The van der Waals surface area contributed by atoms with Gasteiger partial charge in [0.05, 0.1) is 6.20 Å². The van der Waals surface area contributed by atoms with Crippen LogP contribution in [0.2, 0.25) is 0 Å². The van der Waals surface area contributed by atoms with Gasteiger partial charge in [0, 0.05) is 20.3 Å². The minimum absolute atomic E-state index is 0.370. The molecule has 1 saturated heterocycles. The number of nitrogens with zero attached hydrogens (tertiary/aromatic N) is 1. The molecule has 0 amide bonds. The first kappa shape index (κ1) is 20.6. The van der Waals surface area contributed by atoms with Crippen molar-refractivity contribution in [1.82, 2.24) is 9.55 Å². The second kappa shape index (κ2) is 7.13. The number of carbonyl (C=O) groups excluding carboxylic acids is 2. The Kier molecular flexibility index (Phi) is 5.45. The molecule has 0 aliphatic carbocycles. The van der Waals surface area contributed by atoms with Gasteiger partial charge in [0.1, 0.15) is 18.9 Å². The second-order valence-corrected chi connectivity index (χ2v) is 5.72. The number of nitrogens with one attached hydrogen (secondary N) is 1. The maximum Gasteiger partial charge on any atom is 0.424 e. The van der Waals surface area contributed by atoms with Crippen molar-refractivity contribution in [1.29, 1.82) is 0 Å². The molecule has 2 rings (SSSR count). The molecule has 1 aromatic heterocycles. The number of carbonyl (C=O) groups is 2. The van der Waals surface area contributed by atoms with Crippen LogP contribution in [-0.4, -0.2) is 46.0 Å². The second-order valence-electron chi connectivity index (χ2n) is 5.72. The number of H-pyrrole nitrogens is 1. The predicted octanol–water partition coefficient (Wildman–Crippen LogP) is 0.391. The molecule has 0 spiro atoms. The van der Waals surface area contributed by atoms with Crippen molar-refractivity contribution >= 4 is 11.9 Å². The summed E-state index contributed by atoms with van der Waals surface area (Å²) in [5.41, 5.74) is -5.90. The zero-order valence-electron chi connectivity index (χ0n) is 14.0. The number of hydrogen-bond acceptors (Lipinski definition) is 7. The van der Waals surface area contributed by atoms with E-state index in [0.29, 0.717) is 10.8 Å². The number of halogens is 4. The molecular formula is C14H14F4N2O7. The lowest BCUT2D eigenvalue weighted by Gasteiger charge is -2.34. The molecule has 1 aliphatic rings. The first-order valence-corrected chi connectivity index (χ1v) is 7.43. The minimum Gasteiger partial charge on any atom is -0.462 e. The Morgan fingerprint density at radius 2 is 1.96 bits per heavy atom.